The van der Waals surface area contributed by atoms with Gasteiger partial charge in [0.25, 0.3) is 0 Å². The van der Waals surface area contributed by atoms with E-state index >= 15 is 0 Å². The van der Waals surface area contributed by atoms with E-state index in [-0.39, 0.29) is 17.5 Å². The van der Waals surface area contributed by atoms with Crippen molar-refractivity contribution >= 4 is 17.6 Å². The number of alkyl halides is 1. The lowest BCUT2D eigenvalue weighted by Crippen LogP contribution is -2.56. The van der Waals surface area contributed by atoms with E-state index < -0.39 is 5.41 Å². The summed E-state index contributed by atoms with van der Waals surface area (Å²) in [5, 5.41) is 11.8. The Morgan fingerprint density at radius 2 is 1.92 bits per heavy atom. The Bertz CT molecular complexity index is 823. The highest BCUT2D eigenvalue weighted by atomic mass is 35.5. The van der Waals surface area contributed by atoms with Gasteiger partial charge in [0.1, 0.15) is 0 Å². The first-order valence-electron chi connectivity index (χ1n) is 9.24. The summed E-state index contributed by atoms with van der Waals surface area (Å²) in [5.74, 6) is 1.53. The van der Waals surface area contributed by atoms with Crippen molar-refractivity contribution in [3.05, 3.63) is 36.2 Å². The van der Waals surface area contributed by atoms with Crippen molar-refractivity contribution in [1.29, 1.82) is 0 Å². The lowest BCUT2D eigenvalue weighted by molar-refractivity contribution is -0.171. The average molecular weight is 373 g/mol. The van der Waals surface area contributed by atoms with Crippen LogP contribution < -0.4 is 0 Å². The molecule has 4 fully saturated rings. The summed E-state index contributed by atoms with van der Waals surface area (Å²) in [6.07, 6.45) is 5.90. The molecular formula is C19H21ClN4O2. The standard InChI is InChI=1S/C19H21ClN4O2/c20-19-9-13-6-14(10-19)8-18(7-13,12-19)17(25)26-11-16-21-22-23-24(16)15-4-2-1-3-5-15/h1-5,13-14H,6-12H2. The quantitative estimate of drug-likeness (QED) is 0.608. The molecule has 6 rings (SSSR count). The maximum atomic E-state index is 13.0. The fourth-order valence-electron chi connectivity index (χ4n) is 5.74. The van der Waals surface area contributed by atoms with Gasteiger partial charge in [0, 0.05) is 4.87 Å². The van der Waals surface area contributed by atoms with E-state index in [4.69, 9.17) is 16.3 Å². The predicted octanol–water partition coefficient (Wildman–Crippen LogP) is 3.28. The van der Waals surface area contributed by atoms with Gasteiger partial charge in [-0.25, -0.2) is 0 Å². The van der Waals surface area contributed by atoms with Gasteiger partial charge in [-0.1, -0.05) is 18.2 Å². The highest BCUT2D eigenvalue weighted by molar-refractivity contribution is 6.24. The minimum Gasteiger partial charge on any atom is -0.457 e. The van der Waals surface area contributed by atoms with Crippen molar-refractivity contribution < 1.29 is 9.53 Å². The van der Waals surface area contributed by atoms with Crippen LogP contribution in [-0.4, -0.2) is 31.1 Å². The number of carbonyl (C=O) groups is 1. The van der Waals surface area contributed by atoms with E-state index in [1.54, 1.807) is 4.68 Å². The molecule has 0 aliphatic heterocycles. The van der Waals surface area contributed by atoms with Crippen molar-refractivity contribution in [2.45, 2.75) is 50.0 Å². The lowest BCUT2D eigenvalue weighted by atomic mass is 9.49. The molecule has 26 heavy (non-hydrogen) atoms. The van der Waals surface area contributed by atoms with Gasteiger partial charge in [-0.2, -0.15) is 4.68 Å². The summed E-state index contributed by atoms with van der Waals surface area (Å²) in [4.78, 5) is 12.8. The van der Waals surface area contributed by atoms with Crippen LogP contribution in [0.15, 0.2) is 30.3 Å². The molecule has 0 amide bonds. The lowest BCUT2D eigenvalue weighted by Gasteiger charge is -2.58. The van der Waals surface area contributed by atoms with E-state index in [1.165, 1.54) is 6.42 Å². The molecule has 6 nitrogen and oxygen atoms in total. The van der Waals surface area contributed by atoms with Crippen molar-refractivity contribution in [2.24, 2.45) is 17.3 Å². The molecule has 0 spiro atoms. The Morgan fingerprint density at radius 3 is 2.62 bits per heavy atom. The Kier molecular flexibility index (Phi) is 3.61. The number of ether oxygens (including phenoxy) is 1. The van der Waals surface area contributed by atoms with Crippen LogP contribution in [-0.2, 0) is 16.1 Å². The Labute approximate surface area is 156 Å². The number of halogens is 1. The van der Waals surface area contributed by atoms with Crippen LogP contribution in [0.1, 0.15) is 44.3 Å². The highest BCUT2D eigenvalue weighted by Gasteiger charge is 2.60. The number of carbonyl (C=O) groups excluding carboxylic acids is 1. The molecule has 4 aliphatic rings. The number of tetrazole rings is 1. The third-order valence-electron chi connectivity index (χ3n) is 6.29. The first-order valence-corrected chi connectivity index (χ1v) is 9.62. The second kappa shape index (κ2) is 5.78. The summed E-state index contributed by atoms with van der Waals surface area (Å²) in [6, 6.07) is 9.60. The smallest absolute Gasteiger partial charge is 0.312 e. The number of para-hydroxylation sites is 1. The van der Waals surface area contributed by atoms with Crippen LogP contribution in [0.4, 0.5) is 0 Å². The SMILES string of the molecule is O=C(OCc1nnnn1-c1ccccc1)C12CC3CC(CC(Cl)(C3)C1)C2. The van der Waals surface area contributed by atoms with E-state index in [2.05, 4.69) is 15.5 Å². The Hall–Kier alpha value is -1.95. The number of aromatic nitrogens is 4. The molecule has 0 N–H and O–H groups in total. The van der Waals surface area contributed by atoms with E-state index in [0.29, 0.717) is 17.7 Å². The van der Waals surface area contributed by atoms with E-state index in [0.717, 1.165) is 37.8 Å². The van der Waals surface area contributed by atoms with Crippen LogP contribution in [0.3, 0.4) is 0 Å². The van der Waals surface area contributed by atoms with Crippen molar-refractivity contribution in [1.82, 2.24) is 20.2 Å². The summed E-state index contributed by atoms with van der Waals surface area (Å²) >= 11 is 6.83. The molecule has 2 aromatic rings. The van der Waals surface area contributed by atoms with E-state index in [9.17, 15) is 4.79 Å². The molecular weight excluding hydrogens is 352 g/mol. The molecule has 136 valence electrons. The maximum Gasteiger partial charge on any atom is 0.312 e. The van der Waals surface area contributed by atoms with Gasteiger partial charge < -0.3 is 4.74 Å². The van der Waals surface area contributed by atoms with Gasteiger partial charge >= 0.3 is 5.97 Å². The number of hydrogen-bond acceptors (Lipinski definition) is 5. The predicted molar refractivity (Wildman–Crippen MR) is 94.6 cm³/mol. The largest absolute Gasteiger partial charge is 0.457 e. The Balaban J connectivity index is 1.33. The molecule has 1 aromatic heterocycles. The minimum atomic E-state index is -0.406. The van der Waals surface area contributed by atoms with Crippen molar-refractivity contribution in [3.8, 4) is 5.69 Å². The van der Waals surface area contributed by atoms with Gasteiger partial charge in [-0.3, -0.25) is 4.79 Å². The summed E-state index contributed by atoms with van der Waals surface area (Å²) in [6.45, 7) is 0.0765. The van der Waals surface area contributed by atoms with Crippen molar-refractivity contribution in [3.63, 3.8) is 0 Å². The zero-order valence-electron chi connectivity index (χ0n) is 14.5. The highest BCUT2D eigenvalue weighted by Crippen LogP contribution is 2.64. The number of rotatable bonds is 4. The summed E-state index contributed by atoms with van der Waals surface area (Å²) < 4.78 is 7.32. The zero-order chi connectivity index (χ0) is 17.8. The fourth-order valence-corrected chi connectivity index (χ4v) is 6.43. The first-order chi connectivity index (χ1) is 12.6. The number of benzene rings is 1. The maximum absolute atomic E-state index is 13.0. The number of esters is 1. The number of hydrogen-bond donors (Lipinski definition) is 0. The third kappa shape index (κ3) is 2.62. The molecule has 0 radical (unpaired) electrons. The average Bonchev–Trinajstić information content (AvgIpc) is 3.07. The second-order valence-corrected chi connectivity index (χ2v) is 9.11. The van der Waals surface area contributed by atoms with E-state index in [1.807, 2.05) is 30.3 Å². The molecule has 0 saturated heterocycles. The Morgan fingerprint density at radius 1 is 1.19 bits per heavy atom. The van der Waals surface area contributed by atoms with Crippen LogP contribution >= 0.6 is 11.6 Å². The zero-order valence-corrected chi connectivity index (χ0v) is 15.2. The van der Waals surface area contributed by atoms with Gasteiger partial charge in [0.05, 0.1) is 11.1 Å². The van der Waals surface area contributed by atoms with Gasteiger partial charge in [-0.15, -0.1) is 16.7 Å². The molecule has 1 aromatic carbocycles. The van der Waals surface area contributed by atoms with Crippen LogP contribution in [0.5, 0.6) is 0 Å². The monoisotopic (exact) mass is 372 g/mol. The third-order valence-corrected chi connectivity index (χ3v) is 6.73. The van der Waals surface area contributed by atoms with Crippen molar-refractivity contribution in [2.75, 3.05) is 0 Å². The van der Waals surface area contributed by atoms with Crippen LogP contribution in [0.25, 0.3) is 5.69 Å². The summed E-state index contributed by atoms with van der Waals surface area (Å²) in [7, 11) is 0. The topological polar surface area (TPSA) is 69.9 Å². The number of nitrogens with zero attached hydrogens (tertiary/aromatic N) is 4. The van der Waals surface area contributed by atoms with Gasteiger partial charge in [0.15, 0.2) is 12.4 Å². The normalized spacial score (nSPS) is 34.8. The molecule has 2 unspecified atom stereocenters. The van der Waals surface area contributed by atoms with Crippen LogP contribution in [0, 0.1) is 17.3 Å². The van der Waals surface area contributed by atoms with Gasteiger partial charge in [0.2, 0.25) is 0 Å². The molecule has 2 atom stereocenters. The van der Waals surface area contributed by atoms with Crippen LogP contribution in [0.2, 0.25) is 0 Å². The first kappa shape index (κ1) is 16.2. The molecule has 4 saturated carbocycles. The van der Waals surface area contributed by atoms with Gasteiger partial charge in [-0.05, 0) is 72.9 Å². The molecule has 4 aliphatic carbocycles. The second-order valence-electron chi connectivity index (χ2n) is 8.31. The summed E-state index contributed by atoms with van der Waals surface area (Å²) in [5.41, 5.74) is 0.440. The fraction of sp³-hybridized carbons (Fsp3) is 0.579. The molecule has 1 heterocycles. The molecule has 7 heteroatoms. The minimum absolute atomic E-state index is 0.0765. The molecule has 4 bridgehead atoms.